The molecule has 0 atom stereocenters. The van der Waals surface area contributed by atoms with Crippen molar-refractivity contribution in [2.24, 2.45) is 23.2 Å². The van der Waals surface area contributed by atoms with Gasteiger partial charge in [0.05, 0.1) is 0 Å². The van der Waals surface area contributed by atoms with Gasteiger partial charge in [0.15, 0.2) is 0 Å². The van der Waals surface area contributed by atoms with E-state index in [-0.39, 0.29) is 0 Å². The van der Waals surface area contributed by atoms with E-state index in [1.165, 1.54) is 38.5 Å². The van der Waals surface area contributed by atoms with Crippen molar-refractivity contribution in [1.29, 1.82) is 0 Å². The first-order chi connectivity index (χ1) is 8.30. The van der Waals surface area contributed by atoms with Gasteiger partial charge in [0.1, 0.15) is 0 Å². The van der Waals surface area contributed by atoms with E-state index in [0.717, 1.165) is 36.1 Å². The first kappa shape index (κ1) is 11.6. The average Bonchev–Trinajstić information content (AvgIpc) is 2.26. The van der Waals surface area contributed by atoms with Gasteiger partial charge in [-0.05, 0) is 74.5 Å². The molecule has 2 nitrogen and oxygen atoms in total. The molecule has 0 aromatic carbocycles. The Labute approximate surface area is 105 Å². The highest BCUT2D eigenvalue weighted by Crippen LogP contribution is 2.61. The molecule has 1 N–H and O–H groups in total. The Hall–Kier alpha value is -0.530. The predicted molar refractivity (Wildman–Crippen MR) is 68.5 cm³/mol. The zero-order chi connectivity index (χ0) is 11.7. The summed E-state index contributed by atoms with van der Waals surface area (Å²) in [5.74, 6) is 3.23. The Bertz CT molecular complexity index is 251. The lowest BCUT2D eigenvalue weighted by Gasteiger charge is -2.57. The van der Waals surface area contributed by atoms with E-state index in [4.69, 9.17) is 0 Å². The van der Waals surface area contributed by atoms with Gasteiger partial charge in [0.2, 0.25) is 6.41 Å². The van der Waals surface area contributed by atoms with Gasteiger partial charge in [-0.1, -0.05) is 6.42 Å². The average molecular weight is 235 g/mol. The summed E-state index contributed by atoms with van der Waals surface area (Å²) in [5, 5.41) is 2.78. The van der Waals surface area contributed by atoms with Crippen molar-refractivity contribution in [3.05, 3.63) is 0 Å². The lowest BCUT2D eigenvalue weighted by atomic mass is 9.48. The van der Waals surface area contributed by atoms with Crippen molar-refractivity contribution < 1.29 is 4.79 Å². The highest BCUT2D eigenvalue weighted by molar-refractivity contribution is 5.45. The minimum atomic E-state index is 0.732. The zero-order valence-electron chi connectivity index (χ0n) is 10.8. The van der Waals surface area contributed by atoms with Crippen LogP contribution in [-0.2, 0) is 4.79 Å². The van der Waals surface area contributed by atoms with Crippen molar-refractivity contribution in [3.8, 4) is 0 Å². The third-order valence-corrected chi connectivity index (χ3v) is 5.53. The predicted octanol–water partition coefficient (Wildman–Crippen LogP) is 3.12. The molecule has 4 fully saturated rings. The van der Waals surface area contributed by atoms with Crippen LogP contribution in [0.3, 0.4) is 0 Å². The maximum Gasteiger partial charge on any atom is 0.207 e. The second-order valence-corrected chi connectivity index (χ2v) is 6.95. The smallest absolute Gasteiger partial charge is 0.207 e. The lowest BCUT2D eigenvalue weighted by Crippen LogP contribution is -2.45. The molecule has 4 aliphatic rings. The van der Waals surface area contributed by atoms with Crippen LogP contribution in [0.25, 0.3) is 0 Å². The summed E-state index contributed by atoms with van der Waals surface area (Å²) in [5.41, 5.74) is 0.732. The van der Waals surface area contributed by atoms with E-state index in [2.05, 4.69) is 5.32 Å². The molecular weight excluding hydrogens is 210 g/mol. The van der Waals surface area contributed by atoms with Crippen molar-refractivity contribution in [1.82, 2.24) is 5.32 Å². The Kier molecular flexibility index (Phi) is 3.14. The number of rotatable bonds is 6. The molecule has 2 heteroatoms. The third-order valence-electron chi connectivity index (χ3n) is 5.53. The fourth-order valence-electron chi connectivity index (χ4n) is 5.38. The second kappa shape index (κ2) is 4.62. The largest absolute Gasteiger partial charge is 0.359 e. The molecule has 0 aromatic rings. The van der Waals surface area contributed by atoms with Gasteiger partial charge in [-0.25, -0.2) is 0 Å². The summed E-state index contributed by atoms with van der Waals surface area (Å²) in [6.07, 6.45) is 14.0. The third kappa shape index (κ3) is 2.36. The van der Waals surface area contributed by atoms with Crippen LogP contribution in [0.1, 0.15) is 57.8 Å². The van der Waals surface area contributed by atoms with Crippen molar-refractivity contribution in [2.75, 3.05) is 6.54 Å². The molecule has 17 heavy (non-hydrogen) atoms. The van der Waals surface area contributed by atoms with E-state index in [0.29, 0.717) is 0 Å². The van der Waals surface area contributed by atoms with Gasteiger partial charge in [-0.3, -0.25) is 4.79 Å². The van der Waals surface area contributed by atoms with Crippen LogP contribution in [0.15, 0.2) is 0 Å². The first-order valence-corrected chi connectivity index (χ1v) is 7.47. The molecule has 0 heterocycles. The Morgan fingerprint density at radius 2 is 1.59 bits per heavy atom. The summed E-state index contributed by atoms with van der Waals surface area (Å²) in [7, 11) is 0. The summed E-state index contributed by atoms with van der Waals surface area (Å²) < 4.78 is 0. The molecule has 4 saturated carbocycles. The van der Waals surface area contributed by atoms with Crippen LogP contribution in [0.2, 0.25) is 0 Å². The first-order valence-electron chi connectivity index (χ1n) is 7.47. The minimum absolute atomic E-state index is 0.732. The number of carbonyl (C=O) groups excluding carboxylic acids is 1. The SMILES string of the molecule is O=CNCCCCC12CC3CC(CC(C3)C1)C2. The monoisotopic (exact) mass is 235 g/mol. The standard InChI is InChI=1S/C15H25NO/c17-11-16-4-2-1-3-15-8-12-5-13(9-15)7-14(6-12)10-15/h11-14H,1-10H2,(H,16,17). The molecule has 96 valence electrons. The van der Waals surface area contributed by atoms with Crippen LogP contribution >= 0.6 is 0 Å². The topological polar surface area (TPSA) is 29.1 Å². The molecule has 4 aliphatic carbocycles. The fraction of sp³-hybridized carbons (Fsp3) is 0.933. The van der Waals surface area contributed by atoms with Crippen LogP contribution < -0.4 is 5.32 Å². The number of nitrogens with one attached hydrogen (secondary N) is 1. The van der Waals surface area contributed by atoms with Crippen molar-refractivity contribution in [2.45, 2.75) is 57.8 Å². The Morgan fingerprint density at radius 3 is 2.12 bits per heavy atom. The molecule has 0 aliphatic heterocycles. The molecule has 4 bridgehead atoms. The van der Waals surface area contributed by atoms with Crippen molar-refractivity contribution in [3.63, 3.8) is 0 Å². The number of carbonyl (C=O) groups is 1. The highest BCUT2D eigenvalue weighted by atomic mass is 16.1. The number of unbranched alkanes of at least 4 members (excludes halogenated alkanes) is 1. The highest BCUT2D eigenvalue weighted by Gasteiger charge is 2.50. The van der Waals surface area contributed by atoms with E-state index in [1.54, 1.807) is 19.3 Å². The molecule has 0 spiro atoms. The summed E-state index contributed by atoms with van der Waals surface area (Å²) in [6.45, 7) is 0.871. The van der Waals surface area contributed by atoms with Crippen LogP contribution in [-0.4, -0.2) is 13.0 Å². The number of hydrogen-bond acceptors (Lipinski definition) is 1. The van der Waals surface area contributed by atoms with Gasteiger partial charge < -0.3 is 5.32 Å². The summed E-state index contributed by atoms with van der Waals surface area (Å²) >= 11 is 0. The van der Waals surface area contributed by atoms with Crippen LogP contribution in [0, 0.1) is 23.2 Å². The van der Waals surface area contributed by atoms with Gasteiger partial charge in [-0.2, -0.15) is 0 Å². The number of hydrogen-bond donors (Lipinski definition) is 1. The fourth-order valence-corrected chi connectivity index (χ4v) is 5.38. The maximum atomic E-state index is 10.2. The molecule has 0 aromatic heterocycles. The van der Waals surface area contributed by atoms with Crippen LogP contribution in [0.5, 0.6) is 0 Å². The molecule has 1 amide bonds. The molecule has 0 radical (unpaired) electrons. The summed E-state index contributed by atoms with van der Waals surface area (Å²) in [6, 6.07) is 0. The zero-order valence-corrected chi connectivity index (χ0v) is 10.8. The van der Waals surface area contributed by atoms with E-state index in [1.807, 2.05) is 0 Å². The Balaban J connectivity index is 1.50. The molecular formula is C15H25NO. The van der Waals surface area contributed by atoms with Crippen LogP contribution in [0.4, 0.5) is 0 Å². The minimum Gasteiger partial charge on any atom is -0.359 e. The Morgan fingerprint density at radius 1 is 1.00 bits per heavy atom. The van der Waals surface area contributed by atoms with E-state index in [9.17, 15) is 4.79 Å². The van der Waals surface area contributed by atoms with Gasteiger partial charge in [-0.15, -0.1) is 0 Å². The molecule has 0 unspecified atom stereocenters. The van der Waals surface area contributed by atoms with E-state index >= 15 is 0 Å². The van der Waals surface area contributed by atoms with Crippen molar-refractivity contribution >= 4 is 6.41 Å². The van der Waals surface area contributed by atoms with Gasteiger partial charge >= 0.3 is 0 Å². The number of amides is 1. The quantitative estimate of drug-likeness (QED) is 0.556. The molecule has 0 saturated heterocycles. The lowest BCUT2D eigenvalue weighted by molar-refractivity contribution is -0.109. The van der Waals surface area contributed by atoms with Gasteiger partial charge in [0, 0.05) is 6.54 Å². The molecule has 4 rings (SSSR count). The maximum absolute atomic E-state index is 10.2. The summed E-state index contributed by atoms with van der Waals surface area (Å²) in [4.78, 5) is 10.2. The van der Waals surface area contributed by atoms with E-state index < -0.39 is 0 Å². The second-order valence-electron chi connectivity index (χ2n) is 6.95. The van der Waals surface area contributed by atoms with Gasteiger partial charge in [0.25, 0.3) is 0 Å². The normalized spacial score (nSPS) is 42.7.